The summed E-state index contributed by atoms with van der Waals surface area (Å²) in [6, 6.07) is -1.43. The maximum absolute atomic E-state index is 11.3. The van der Waals surface area contributed by atoms with E-state index < -0.39 is 35.6 Å². The molecule has 0 aromatic carbocycles. The predicted octanol–water partition coefficient (Wildman–Crippen LogP) is -1.84. The molecule has 0 aliphatic heterocycles. The number of nitrogens with zero attached hydrogens (tertiary/aromatic N) is 2. The molecule has 9 nitrogen and oxygen atoms in total. The van der Waals surface area contributed by atoms with Crippen molar-refractivity contribution in [2.75, 3.05) is 0 Å². The first kappa shape index (κ1) is 16.6. The fourth-order valence-electron chi connectivity index (χ4n) is 1.11. The van der Waals surface area contributed by atoms with Crippen LogP contribution in [0.5, 0.6) is 0 Å². The first-order valence-corrected chi connectivity index (χ1v) is 5.21. The van der Waals surface area contributed by atoms with Gasteiger partial charge in [0.25, 0.3) is 5.91 Å². The number of carboxylic acids is 1. The third-order valence-electron chi connectivity index (χ3n) is 2.13. The molecule has 1 amide bonds. The lowest BCUT2D eigenvalue weighted by Crippen LogP contribution is -2.47. The predicted molar refractivity (Wildman–Crippen MR) is 60.2 cm³/mol. The molecule has 0 saturated heterocycles. The summed E-state index contributed by atoms with van der Waals surface area (Å²) in [7, 11) is 0. The highest BCUT2D eigenvalue weighted by atomic mass is 16.4. The molecule has 3 N–H and O–H groups in total. The fraction of sp³-hybridized carbons (Fsp3) is 0.500. The molecule has 0 spiro atoms. The second kappa shape index (κ2) is 7.85. The van der Waals surface area contributed by atoms with Gasteiger partial charge in [0, 0.05) is 6.42 Å². The van der Waals surface area contributed by atoms with Crippen molar-refractivity contribution in [3.63, 3.8) is 0 Å². The van der Waals surface area contributed by atoms with Crippen LogP contribution in [-0.4, -0.2) is 56.8 Å². The van der Waals surface area contributed by atoms with Gasteiger partial charge in [0.15, 0.2) is 11.9 Å². The van der Waals surface area contributed by atoms with Crippen LogP contribution in [0.25, 0.3) is 5.53 Å². The quantitative estimate of drug-likeness (QED) is 0.203. The molecule has 0 fully saturated rings. The third-order valence-corrected chi connectivity index (χ3v) is 2.13. The van der Waals surface area contributed by atoms with E-state index in [-0.39, 0.29) is 12.8 Å². The zero-order valence-corrected chi connectivity index (χ0v) is 10.1. The first-order chi connectivity index (χ1) is 8.79. The Balaban J connectivity index is 4.55. The Morgan fingerprint density at radius 3 is 2.37 bits per heavy atom. The number of amides is 1. The highest BCUT2D eigenvalue weighted by Crippen LogP contribution is 1.99. The smallest absolute Gasteiger partial charge is 0.326 e. The Hall–Kier alpha value is -2.38. The lowest BCUT2D eigenvalue weighted by Gasteiger charge is -2.15. The van der Waals surface area contributed by atoms with Crippen molar-refractivity contribution in [2.24, 2.45) is 0 Å². The van der Waals surface area contributed by atoms with Crippen molar-refractivity contribution < 1.29 is 34.2 Å². The number of hydrogen-bond acceptors (Lipinski definition) is 5. The number of rotatable bonds is 8. The minimum atomic E-state index is -1.95. The van der Waals surface area contributed by atoms with E-state index in [0.717, 1.165) is 6.92 Å². The average molecular weight is 271 g/mol. The van der Waals surface area contributed by atoms with Crippen LogP contribution in [0.15, 0.2) is 0 Å². The van der Waals surface area contributed by atoms with Crippen molar-refractivity contribution in [1.82, 2.24) is 5.32 Å². The number of ketones is 2. The van der Waals surface area contributed by atoms with Crippen LogP contribution in [0.3, 0.4) is 0 Å². The number of carbonyl (C=O) groups excluding carboxylic acids is 3. The van der Waals surface area contributed by atoms with Crippen LogP contribution in [0.4, 0.5) is 0 Å². The molecule has 0 aromatic heterocycles. The minimum absolute atomic E-state index is 0.267. The van der Waals surface area contributed by atoms with Gasteiger partial charge >= 0.3 is 12.2 Å². The molecule has 2 atom stereocenters. The molecule has 0 rings (SSSR count). The van der Waals surface area contributed by atoms with Gasteiger partial charge in [-0.1, -0.05) is 0 Å². The molecule has 0 saturated carbocycles. The molecule has 0 aromatic rings. The van der Waals surface area contributed by atoms with Crippen LogP contribution in [0.2, 0.25) is 0 Å². The second-order valence-corrected chi connectivity index (χ2v) is 3.66. The number of aliphatic hydroxyl groups excluding tert-OH is 1. The van der Waals surface area contributed by atoms with Crippen LogP contribution >= 0.6 is 0 Å². The zero-order valence-electron chi connectivity index (χ0n) is 10.1. The van der Waals surface area contributed by atoms with Gasteiger partial charge in [0.2, 0.25) is 5.78 Å². The summed E-state index contributed by atoms with van der Waals surface area (Å²) >= 11 is 0. The van der Waals surface area contributed by atoms with Crippen molar-refractivity contribution in [1.29, 1.82) is 0 Å². The summed E-state index contributed by atoms with van der Waals surface area (Å²) in [5, 5.41) is 19.8. The number of carbonyl (C=O) groups is 4. The second-order valence-electron chi connectivity index (χ2n) is 3.66. The Morgan fingerprint density at radius 2 is 1.95 bits per heavy atom. The summed E-state index contributed by atoms with van der Waals surface area (Å²) in [6.45, 7) is 0.973. The summed E-state index contributed by atoms with van der Waals surface area (Å²) in [5.41, 5.74) is 8.08. The van der Waals surface area contributed by atoms with E-state index >= 15 is 0 Å². The molecule has 104 valence electrons. The van der Waals surface area contributed by atoms with Gasteiger partial charge in [0.1, 0.15) is 6.04 Å². The molecular formula is C10H13N3O6. The summed E-state index contributed by atoms with van der Waals surface area (Å²) in [5.74, 6) is -4.03. The van der Waals surface area contributed by atoms with Gasteiger partial charge in [-0.2, -0.15) is 4.79 Å². The Bertz CT molecular complexity index is 441. The lowest BCUT2D eigenvalue weighted by atomic mass is 10.1. The average Bonchev–Trinajstić information content (AvgIpc) is 2.32. The van der Waals surface area contributed by atoms with Gasteiger partial charge in [-0.05, 0) is 13.3 Å². The minimum Gasteiger partial charge on any atom is -0.480 e. The number of Topliss-reactive ketones (excluding diaryl/α,β-unsaturated/α-hetero) is 2. The van der Waals surface area contributed by atoms with Gasteiger partial charge < -0.3 is 21.1 Å². The largest absolute Gasteiger partial charge is 0.480 e. The van der Waals surface area contributed by atoms with Crippen molar-refractivity contribution in [3.05, 3.63) is 5.53 Å². The zero-order chi connectivity index (χ0) is 15.0. The lowest BCUT2D eigenvalue weighted by molar-refractivity contribution is -0.146. The van der Waals surface area contributed by atoms with E-state index in [1.165, 1.54) is 0 Å². The van der Waals surface area contributed by atoms with Crippen LogP contribution in [-0.2, 0) is 19.2 Å². The first-order valence-electron chi connectivity index (χ1n) is 5.21. The molecule has 0 aliphatic carbocycles. The van der Waals surface area contributed by atoms with E-state index in [1.54, 1.807) is 0 Å². The highest BCUT2D eigenvalue weighted by Gasteiger charge is 2.26. The van der Waals surface area contributed by atoms with Gasteiger partial charge in [-0.3, -0.25) is 14.4 Å². The molecule has 2 unspecified atom stereocenters. The number of nitrogens with one attached hydrogen (secondary N) is 1. The van der Waals surface area contributed by atoms with Crippen molar-refractivity contribution >= 4 is 29.7 Å². The van der Waals surface area contributed by atoms with E-state index in [1.807, 2.05) is 5.32 Å². The number of carboxylic acid groups (broad SMARTS) is 1. The maximum atomic E-state index is 11.3. The van der Waals surface area contributed by atoms with E-state index in [9.17, 15) is 19.2 Å². The molecule has 9 heteroatoms. The number of hydrogen-bond donors (Lipinski definition) is 3. The van der Waals surface area contributed by atoms with Crippen LogP contribution in [0, 0.1) is 0 Å². The van der Waals surface area contributed by atoms with E-state index in [0.29, 0.717) is 6.21 Å². The maximum Gasteiger partial charge on any atom is 0.326 e. The normalized spacial score (nSPS) is 12.7. The van der Waals surface area contributed by atoms with Crippen LogP contribution in [0.1, 0.15) is 19.8 Å². The topological polar surface area (TPSA) is 157 Å². The SMILES string of the molecule is CC(=O)C(O)C(=O)NC(CCC(=O)C=[N+]=[N-])C(=O)O. The van der Waals surface area contributed by atoms with E-state index in [2.05, 4.69) is 4.79 Å². The van der Waals surface area contributed by atoms with Gasteiger partial charge in [-0.15, -0.1) is 0 Å². The Morgan fingerprint density at radius 1 is 1.37 bits per heavy atom. The van der Waals surface area contributed by atoms with Gasteiger partial charge in [-0.25, -0.2) is 4.79 Å². The molecule has 0 aliphatic rings. The standard InChI is InChI=1S/C10H13N3O6/c1-5(14)8(16)9(17)13-7(10(18)19)3-2-6(15)4-12-11/h4,7-8,16H,2-3H2,1H3,(H,13,17)(H,18,19). The molecular weight excluding hydrogens is 258 g/mol. The third kappa shape index (κ3) is 6.20. The molecule has 0 heterocycles. The van der Waals surface area contributed by atoms with E-state index in [4.69, 9.17) is 15.7 Å². The number of aliphatic carboxylic acids is 1. The molecule has 19 heavy (non-hydrogen) atoms. The monoisotopic (exact) mass is 271 g/mol. The summed E-state index contributed by atoms with van der Waals surface area (Å²) < 4.78 is 0. The summed E-state index contributed by atoms with van der Waals surface area (Å²) in [6.07, 6.45) is -1.89. The summed E-state index contributed by atoms with van der Waals surface area (Å²) in [4.78, 5) is 46.3. The van der Waals surface area contributed by atoms with Crippen molar-refractivity contribution in [3.8, 4) is 0 Å². The van der Waals surface area contributed by atoms with Gasteiger partial charge in [0.05, 0.1) is 0 Å². The molecule has 0 radical (unpaired) electrons. The Kier molecular flexibility index (Phi) is 6.87. The fourth-order valence-corrected chi connectivity index (χ4v) is 1.11. The van der Waals surface area contributed by atoms with Crippen molar-refractivity contribution in [2.45, 2.75) is 31.9 Å². The molecule has 0 bridgehead atoms. The Labute approximate surface area is 107 Å². The van der Waals surface area contributed by atoms with Crippen LogP contribution < -0.4 is 5.32 Å². The highest BCUT2D eigenvalue weighted by molar-refractivity contribution is 6.25. The number of aliphatic hydroxyl groups is 1.